The van der Waals surface area contributed by atoms with Crippen LogP contribution in [0.1, 0.15) is 25.7 Å². The predicted octanol–water partition coefficient (Wildman–Crippen LogP) is 3.36. The number of alkyl halides is 4. The van der Waals surface area contributed by atoms with Crippen molar-refractivity contribution in [3.05, 3.63) is 0 Å². The van der Waals surface area contributed by atoms with Crippen LogP contribution in [-0.2, 0) is 4.74 Å². The molecule has 0 aliphatic heterocycles. The van der Waals surface area contributed by atoms with E-state index in [1.807, 2.05) is 0 Å². The summed E-state index contributed by atoms with van der Waals surface area (Å²) in [5.41, 5.74) is 0. The summed E-state index contributed by atoms with van der Waals surface area (Å²) in [6, 6.07) is 0. The Bertz CT molecular complexity index is 168. The van der Waals surface area contributed by atoms with Crippen LogP contribution in [0.4, 0.5) is 13.2 Å². The second-order valence-electron chi connectivity index (χ2n) is 3.66. The Morgan fingerprint density at radius 2 is 2.00 bits per heavy atom. The SMILES string of the molecule is FC(F)(F)COCCCC(Cl)C1CC1. The van der Waals surface area contributed by atoms with Crippen molar-refractivity contribution in [3.63, 3.8) is 0 Å². The molecule has 0 radical (unpaired) electrons. The van der Waals surface area contributed by atoms with Gasteiger partial charge in [0.05, 0.1) is 0 Å². The van der Waals surface area contributed by atoms with Crippen LogP contribution in [0.3, 0.4) is 0 Å². The number of rotatable bonds is 6. The van der Waals surface area contributed by atoms with Gasteiger partial charge in [-0.15, -0.1) is 11.6 Å². The standard InChI is InChI=1S/C9H14ClF3O/c10-8(7-3-4-7)2-1-5-14-6-9(11,12)13/h7-8H,1-6H2. The van der Waals surface area contributed by atoms with Crippen molar-refractivity contribution < 1.29 is 17.9 Å². The second-order valence-corrected chi connectivity index (χ2v) is 4.22. The first kappa shape index (κ1) is 12.1. The van der Waals surface area contributed by atoms with E-state index in [2.05, 4.69) is 4.74 Å². The van der Waals surface area contributed by atoms with Crippen molar-refractivity contribution >= 4 is 11.6 Å². The van der Waals surface area contributed by atoms with Crippen LogP contribution in [-0.4, -0.2) is 24.8 Å². The molecule has 1 unspecified atom stereocenters. The molecule has 1 aliphatic carbocycles. The summed E-state index contributed by atoms with van der Waals surface area (Å²) in [7, 11) is 0. The van der Waals surface area contributed by atoms with E-state index in [0.29, 0.717) is 12.3 Å². The molecule has 0 aromatic rings. The van der Waals surface area contributed by atoms with E-state index >= 15 is 0 Å². The van der Waals surface area contributed by atoms with Gasteiger partial charge in [0.15, 0.2) is 0 Å². The predicted molar refractivity (Wildman–Crippen MR) is 48.5 cm³/mol. The maximum atomic E-state index is 11.6. The molecule has 0 aromatic heterocycles. The van der Waals surface area contributed by atoms with Gasteiger partial charge in [-0.05, 0) is 31.6 Å². The monoisotopic (exact) mass is 230 g/mol. The molecule has 1 saturated carbocycles. The summed E-state index contributed by atoms with van der Waals surface area (Å²) < 4.78 is 39.4. The number of hydrogen-bond donors (Lipinski definition) is 0. The molecule has 0 saturated heterocycles. The first-order valence-electron chi connectivity index (χ1n) is 4.77. The number of ether oxygens (including phenoxy) is 1. The lowest BCUT2D eigenvalue weighted by Gasteiger charge is -2.09. The van der Waals surface area contributed by atoms with Gasteiger partial charge in [-0.2, -0.15) is 13.2 Å². The van der Waals surface area contributed by atoms with Crippen LogP contribution in [0.15, 0.2) is 0 Å². The smallest absolute Gasteiger partial charge is 0.372 e. The zero-order valence-electron chi connectivity index (χ0n) is 7.82. The number of hydrogen-bond acceptors (Lipinski definition) is 1. The minimum atomic E-state index is -4.21. The lowest BCUT2D eigenvalue weighted by Crippen LogP contribution is -2.17. The van der Waals surface area contributed by atoms with Gasteiger partial charge in [0.1, 0.15) is 6.61 Å². The third kappa shape index (κ3) is 5.70. The highest BCUT2D eigenvalue weighted by molar-refractivity contribution is 6.20. The van der Waals surface area contributed by atoms with Crippen molar-refractivity contribution in [3.8, 4) is 0 Å². The van der Waals surface area contributed by atoms with Crippen molar-refractivity contribution in [1.29, 1.82) is 0 Å². The first-order chi connectivity index (χ1) is 6.49. The molecule has 1 rings (SSSR count). The Labute approximate surface area is 86.6 Å². The van der Waals surface area contributed by atoms with E-state index < -0.39 is 12.8 Å². The van der Waals surface area contributed by atoms with Crippen LogP contribution in [0.2, 0.25) is 0 Å². The molecule has 1 aliphatic rings. The van der Waals surface area contributed by atoms with Gasteiger partial charge < -0.3 is 4.74 Å². The van der Waals surface area contributed by atoms with E-state index in [-0.39, 0.29) is 12.0 Å². The summed E-state index contributed by atoms with van der Waals surface area (Å²) in [6.07, 6.45) is -0.517. The highest BCUT2D eigenvalue weighted by Gasteiger charge is 2.29. The van der Waals surface area contributed by atoms with Gasteiger partial charge >= 0.3 is 6.18 Å². The topological polar surface area (TPSA) is 9.23 Å². The Hall–Kier alpha value is 0.0400. The Morgan fingerprint density at radius 1 is 1.36 bits per heavy atom. The molecule has 0 amide bonds. The van der Waals surface area contributed by atoms with Gasteiger partial charge in [-0.3, -0.25) is 0 Å². The second kappa shape index (κ2) is 5.21. The molecule has 0 heterocycles. The van der Waals surface area contributed by atoms with Gasteiger partial charge in [0, 0.05) is 12.0 Å². The molecule has 0 bridgehead atoms. The summed E-state index contributed by atoms with van der Waals surface area (Å²) >= 11 is 5.97. The Kier molecular flexibility index (Phi) is 4.51. The quantitative estimate of drug-likeness (QED) is 0.502. The van der Waals surface area contributed by atoms with E-state index in [4.69, 9.17) is 11.6 Å². The molecule has 0 spiro atoms. The molecule has 1 nitrogen and oxygen atoms in total. The Balaban J connectivity index is 1.88. The van der Waals surface area contributed by atoms with Crippen LogP contribution in [0, 0.1) is 5.92 Å². The fraction of sp³-hybridized carbons (Fsp3) is 1.00. The largest absolute Gasteiger partial charge is 0.411 e. The fourth-order valence-electron chi connectivity index (χ4n) is 1.26. The van der Waals surface area contributed by atoms with E-state index in [1.165, 1.54) is 0 Å². The molecule has 1 fully saturated rings. The third-order valence-electron chi connectivity index (χ3n) is 2.17. The fourth-order valence-corrected chi connectivity index (χ4v) is 1.67. The van der Waals surface area contributed by atoms with Crippen LogP contribution in [0.5, 0.6) is 0 Å². The highest BCUT2D eigenvalue weighted by atomic mass is 35.5. The van der Waals surface area contributed by atoms with E-state index in [9.17, 15) is 13.2 Å². The zero-order chi connectivity index (χ0) is 10.6. The molecule has 1 atom stereocenters. The highest BCUT2D eigenvalue weighted by Crippen LogP contribution is 2.37. The van der Waals surface area contributed by atoms with Crippen molar-refractivity contribution in [2.24, 2.45) is 5.92 Å². The molecule has 5 heteroatoms. The van der Waals surface area contributed by atoms with Crippen molar-refractivity contribution in [1.82, 2.24) is 0 Å². The molecule has 0 N–H and O–H groups in total. The maximum absolute atomic E-state index is 11.6. The van der Waals surface area contributed by atoms with Crippen molar-refractivity contribution in [2.75, 3.05) is 13.2 Å². The zero-order valence-corrected chi connectivity index (χ0v) is 8.57. The summed E-state index contributed by atoms with van der Waals surface area (Å²) in [5.74, 6) is 0.597. The number of halogens is 4. The molecule has 84 valence electrons. The Morgan fingerprint density at radius 3 is 2.50 bits per heavy atom. The summed E-state index contributed by atoms with van der Waals surface area (Å²) in [5, 5.41) is 0.129. The normalized spacial score (nSPS) is 19.7. The van der Waals surface area contributed by atoms with Gasteiger partial charge in [-0.25, -0.2) is 0 Å². The minimum absolute atomic E-state index is 0.129. The lowest BCUT2D eigenvalue weighted by molar-refractivity contribution is -0.174. The van der Waals surface area contributed by atoms with E-state index in [0.717, 1.165) is 19.3 Å². The molecule has 14 heavy (non-hydrogen) atoms. The van der Waals surface area contributed by atoms with Gasteiger partial charge in [-0.1, -0.05) is 0 Å². The minimum Gasteiger partial charge on any atom is -0.372 e. The molecular weight excluding hydrogens is 217 g/mol. The van der Waals surface area contributed by atoms with Crippen LogP contribution in [0.25, 0.3) is 0 Å². The average molecular weight is 231 g/mol. The average Bonchev–Trinajstić information content (AvgIpc) is 2.83. The van der Waals surface area contributed by atoms with Gasteiger partial charge in [0.2, 0.25) is 0 Å². The first-order valence-corrected chi connectivity index (χ1v) is 5.21. The maximum Gasteiger partial charge on any atom is 0.411 e. The van der Waals surface area contributed by atoms with Crippen LogP contribution >= 0.6 is 11.6 Å². The summed E-state index contributed by atoms with van der Waals surface area (Å²) in [6.45, 7) is -1.00. The van der Waals surface area contributed by atoms with Crippen LogP contribution < -0.4 is 0 Å². The molecule has 0 aromatic carbocycles. The van der Waals surface area contributed by atoms with Crippen molar-refractivity contribution in [2.45, 2.75) is 37.2 Å². The summed E-state index contributed by atoms with van der Waals surface area (Å²) in [4.78, 5) is 0. The molecular formula is C9H14ClF3O. The third-order valence-corrected chi connectivity index (χ3v) is 2.74. The van der Waals surface area contributed by atoms with E-state index in [1.54, 1.807) is 0 Å². The lowest BCUT2D eigenvalue weighted by atomic mass is 10.2. The van der Waals surface area contributed by atoms with Gasteiger partial charge in [0.25, 0.3) is 0 Å².